The molecular formula is C18H18N4O6. The summed E-state index contributed by atoms with van der Waals surface area (Å²) in [6.45, 7) is 5.14. The van der Waals surface area contributed by atoms with Gasteiger partial charge in [0.2, 0.25) is 0 Å². The van der Waals surface area contributed by atoms with Gasteiger partial charge in [-0.25, -0.2) is 4.79 Å². The summed E-state index contributed by atoms with van der Waals surface area (Å²) >= 11 is 0. The zero-order chi connectivity index (χ0) is 21.3. The second kappa shape index (κ2) is 10.2. The number of rotatable bonds is 8. The molecule has 0 fully saturated rings. The first kappa shape index (κ1) is 22.0. The van der Waals surface area contributed by atoms with Gasteiger partial charge >= 0.3 is 5.97 Å². The monoisotopic (exact) mass is 386 g/mol. The Morgan fingerprint density at radius 1 is 1.21 bits per heavy atom. The minimum absolute atomic E-state index is 0.0841. The van der Waals surface area contributed by atoms with E-state index < -0.39 is 21.5 Å². The van der Waals surface area contributed by atoms with Crippen LogP contribution in [0.2, 0.25) is 0 Å². The number of esters is 1. The Morgan fingerprint density at radius 3 is 2.43 bits per heavy atom. The number of nitriles is 1. The second-order valence-electron chi connectivity index (χ2n) is 5.53. The van der Waals surface area contributed by atoms with Gasteiger partial charge in [0, 0.05) is 12.3 Å². The smallest absolute Gasteiger partial charge is 0.348 e. The zero-order valence-corrected chi connectivity index (χ0v) is 15.5. The minimum Gasteiger partial charge on any atom is -0.462 e. The van der Waals surface area contributed by atoms with Crippen LogP contribution in [0.15, 0.2) is 53.3 Å². The fourth-order valence-electron chi connectivity index (χ4n) is 2.11. The number of nitro groups is 2. The highest BCUT2D eigenvalue weighted by atomic mass is 16.6. The molecule has 1 rings (SSSR count). The van der Waals surface area contributed by atoms with Gasteiger partial charge in [-0.15, -0.1) is 0 Å². The Hall–Kier alpha value is -4.00. The fraction of sp³-hybridized carbons (Fsp3) is 0.222. The zero-order valence-electron chi connectivity index (χ0n) is 15.5. The molecule has 10 heteroatoms. The number of nitrogens with one attached hydrogen (secondary N) is 1. The summed E-state index contributed by atoms with van der Waals surface area (Å²) in [5, 5.41) is 33.6. The summed E-state index contributed by atoms with van der Waals surface area (Å²) in [6, 6.07) is 5.03. The number of nitrogens with zero attached hydrogens (tertiary/aromatic N) is 3. The average molecular weight is 386 g/mol. The van der Waals surface area contributed by atoms with E-state index in [1.54, 1.807) is 32.9 Å². The van der Waals surface area contributed by atoms with E-state index in [1.165, 1.54) is 18.3 Å². The van der Waals surface area contributed by atoms with E-state index in [2.05, 4.69) is 5.32 Å². The summed E-state index contributed by atoms with van der Waals surface area (Å²) in [5.41, 5.74) is 0.318. The Kier molecular flexibility index (Phi) is 8.05. The maximum absolute atomic E-state index is 11.6. The van der Waals surface area contributed by atoms with Crippen molar-refractivity contribution in [3.63, 3.8) is 0 Å². The molecule has 1 aromatic carbocycles. The average Bonchev–Trinajstić information content (AvgIpc) is 2.64. The number of allylic oxidation sites excluding steroid dienone is 4. The van der Waals surface area contributed by atoms with Gasteiger partial charge in [-0.2, -0.15) is 5.26 Å². The summed E-state index contributed by atoms with van der Waals surface area (Å²) < 4.78 is 4.77. The van der Waals surface area contributed by atoms with Gasteiger partial charge in [-0.3, -0.25) is 20.2 Å². The van der Waals surface area contributed by atoms with Gasteiger partial charge in [0.15, 0.2) is 0 Å². The van der Waals surface area contributed by atoms with Crippen LogP contribution in [0.5, 0.6) is 0 Å². The van der Waals surface area contributed by atoms with E-state index in [0.717, 1.165) is 12.1 Å². The third kappa shape index (κ3) is 6.38. The van der Waals surface area contributed by atoms with Gasteiger partial charge in [0.25, 0.3) is 11.4 Å². The van der Waals surface area contributed by atoms with Crippen LogP contribution >= 0.6 is 0 Å². The second-order valence-corrected chi connectivity index (χ2v) is 5.53. The standard InChI is InChI=1S/C18H18N4O6/c1-4-28-18(23)14(10-19)8-12(2)7-13(3)11-20-16-6-5-15(21(24)25)9-17(16)22(26)27/h5-9,11,20H,4H2,1-3H3/b12-7-,13-11-,14-8+. The van der Waals surface area contributed by atoms with Crippen molar-refractivity contribution < 1.29 is 19.4 Å². The van der Waals surface area contributed by atoms with Crippen LogP contribution in [-0.4, -0.2) is 22.4 Å². The molecule has 0 aliphatic carbocycles. The number of ether oxygens (including phenoxy) is 1. The van der Waals surface area contributed by atoms with E-state index in [1.807, 2.05) is 0 Å². The molecular weight excluding hydrogens is 368 g/mol. The van der Waals surface area contributed by atoms with Crippen LogP contribution in [-0.2, 0) is 9.53 Å². The Labute approximate surface area is 160 Å². The van der Waals surface area contributed by atoms with Crippen LogP contribution in [0.4, 0.5) is 17.1 Å². The molecule has 0 atom stereocenters. The first-order valence-corrected chi connectivity index (χ1v) is 8.03. The summed E-state index contributed by atoms with van der Waals surface area (Å²) in [5.74, 6) is -0.723. The Bertz CT molecular complexity index is 924. The van der Waals surface area contributed by atoms with E-state index >= 15 is 0 Å². The molecule has 0 aromatic heterocycles. The van der Waals surface area contributed by atoms with Crippen molar-refractivity contribution in [1.29, 1.82) is 5.26 Å². The number of carbonyl (C=O) groups excluding carboxylic acids is 1. The van der Waals surface area contributed by atoms with Crippen LogP contribution < -0.4 is 5.32 Å². The topological polar surface area (TPSA) is 148 Å². The van der Waals surface area contributed by atoms with Crippen LogP contribution in [0.1, 0.15) is 20.8 Å². The molecule has 0 bridgehead atoms. The normalized spacial score (nSPS) is 12.1. The van der Waals surface area contributed by atoms with Crippen LogP contribution in [0, 0.1) is 31.6 Å². The van der Waals surface area contributed by atoms with E-state index in [-0.39, 0.29) is 23.6 Å². The first-order valence-electron chi connectivity index (χ1n) is 8.03. The van der Waals surface area contributed by atoms with E-state index in [9.17, 15) is 25.0 Å². The lowest BCUT2D eigenvalue weighted by atomic mass is 10.1. The summed E-state index contributed by atoms with van der Waals surface area (Å²) in [4.78, 5) is 32.0. The highest BCUT2D eigenvalue weighted by Crippen LogP contribution is 2.29. The Morgan fingerprint density at radius 2 is 1.89 bits per heavy atom. The van der Waals surface area contributed by atoms with Crippen molar-refractivity contribution in [2.75, 3.05) is 11.9 Å². The molecule has 0 aliphatic rings. The molecule has 0 radical (unpaired) electrons. The molecule has 146 valence electrons. The number of nitro benzene ring substituents is 2. The maximum Gasteiger partial charge on any atom is 0.348 e. The summed E-state index contributed by atoms with van der Waals surface area (Å²) in [6.07, 6.45) is 4.46. The number of non-ortho nitro benzene ring substituents is 1. The van der Waals surface area contributed by atoms with E-state index in [0.29, 0.717) is 11.1 Å². The molecule has 0 heterocycles. The van der Waals surface area contributed by atoms with Crippen LogP contribution in [0.25, 0.3) is 0 Å². The molecule has 1 N–H and O–H groups in total. The molecule has 0 amide bonds. The summed E-state index contributed by atoms with van der Waals surface area (Å²) in [7, 11) is 0. The first-order chi connectivity index (χ1) is 13.2. The van der Waals surface area contributed by atoms with E-state index in [4.69, 9.17) is 10.00 Å². The highest BCUT2D eigenvalue weighted by Gasteiger charge is 2.18. The molecule has 0 saturated heterocycles. The number of carbonyl (C=O) groups is 1. The lowest BCUT2D eigenvalue weighted by molar-refractivity contribution is -0.393. The predicted octanol–water partition coefficient (Wildman–Crippen LogP) is 3.78. The Balaban J connectivity index is 3.05. The largest absolute Gasteiger partial charge is 0.462 e. The molecule has 28 heavy (non-hydrogen) atoms. The number of hydrogen-bond donors (Lipinski definition) is 1. The lowest BCUT2D eigenvalue weighted by Gasteiger charge is -2.04. The van der Waals surface area contributed by atoms with Gasteiger partial charge in [-0.1, -0.05) is 6.08 Å². The van der Waals surface area contributed by atoms with Crippen molar-refractivity contribution in [1.82, 2.24) is 0 Å². The molecule has 0 unspecified atom stereocenters. The fourth-order valence-corrected chi connectivity index (χ4v) is 2.11. The van der Waals surface area contributed by atoms with Crippen molar-refractivity contribution >= 4 is 23.0 Å². The number of benzene rings is 1. The van der Waals surface area contributed by atoms with Crippen molar-refractivity contribution in [2.24, 2.45) is 0 Å². The van der Waals surface area contributed by atoms with Crippen LogP contribution in [0.3, 0.4) is 0 Å². The van der Waals surface area contributed by atoms with Crippen molar-refractivity contribution in [2.45, 2.75) is 20.8 Å². The quantitative estimate of drug-likeness (QED) is 0.177. The molecule has 1 aromatic rings. The van der Waals surface area contributed by atoms with Gasteiger partial charge in [-0.05, 0) is 44.1 Å². The van der Waals surface area contributed by atoms with Gasteiger partial charge in [0.1, 0.15) is 17.3 Å². The molecule has 0 spiro atoms. The lowest BCUT2D eigenvalue weighted by Crippen LogP contribution is -2.06. The van der Waals surface area contributed by atoms with Gasteiger partial charge < -0.3 is 10.1 Å². The molecule has 0 saturated carbocycles. The SMILES string of the molecule is CCOC(=O)/C(C#N)=C/C(C)=C\C(C)=C/Nc1ccc([N+](=O)[O-])cc1[N+](=O)[O-]. The highest BCUT2D eigenvalue weighted by molar-refractivity contribution is 5.93. The maximum atomic E-state index is 11.6. The van der Waals surface area contributed by atoms with Crippen molar-refractivity contribution in [3.05, 3.63) is 73.5 Å². The predicted molar refractivity (Wildman–Crippen MR) is 101 cm³/mol. The molecule has 10 nitrogen and oxygen atoms in total. The minimum atomic E-state index is -0.723. The number of anilines is 1. The third-order valence-electron chi connectivity index (χ3n) is 3.29. The van der Waals surface area contributed by atoms with Gasteiger partial charge in [0.05, 0.1) is 22.5 Å². The van der Waals surface area contributed by atoms with Crippen molar-refractivity contribution in [3.8, 4) is 6.07 Å². The molecule has 0 aliphatic heterocycles. The number of hydrogen-bond acceptors (Lipinski definition) is 8. The third-order valence-corrected chi connectivity index (χ3v) is 3.29.